The lowest BCUT2D eigenvalue weighted by Gasteiger charge is -2.29. The van der Waals surface area contributed by atoms with E-state index in [0.29, 0.717) is 12.0 Å². The SMILES string of the molecule is C#CCCC(=O)N[C@H]1Cc2cccc(C(=O)OCOC(=O)C(C)(C)C)c2OB1O. The lowest BCUT2D eigenvalue weighted by molar-refractivity contribution is -0.161. The molecule has 0 saturated carbocycles. The minimum atomic E-state index is -1.34. The molecule has 0 fully saturated rings. The Morgan fingerprint density at radius 2 is 2.07 bits per heavy atom. The Morgan fingerprint density at radius 1 is 1.34 bits per heavy atom. The summed E-state index contributed by atoms with van der Waals surface area (Å²) in [6, 6.07) is 4.83. The molecule has 0 spiro atoms. The Labute approximate surface area is 170 Å². The van der Waals surface area contributed by atoms with Gasteiger partial charge >= 0.3 is 19.1 Å². The number of nitrogens with one attached hydrogen (secondary N) is 1. The minimum Gasteiger partial charge on any atom is -0.534 e. The van der Waals surface area contributed by atoms with Gasteiger partial charge in [-0.2, -0.15) is 0 Å². The fourth-order valence-electron chi connectivity index (χ4n) is 2.60. The lowest BCUT2D eigenvalue weighted by atomic mass is 9.72. The van der Waals surface area contributed by atoms with Crippen LogP contribution in [0.3, 0.4) is 0 Å². The molecular formula is C20H24BNO7. The molecule has 1 heterocycles. The number of terminal acetylenes is 1. The van der Waals surface area contributed by atoms with Crippen LogP contribution in [0.25, 0.3) is 0 Å². The molecule has 0 unspecified atom stereocenters. The van der Waals surface area contributed by atoms with Crippen LogP contribution in [0.5, 0.6) is 5.75 Å². The van der Waals surface area contributed by atoms with Crippen molar-refractivity contribution in [1.82, 2.24) is 5.32 Å². The number of rotatable bonds is 6. The van der Waals surface area contributed by atoms with E-state index in [9.17, 15) is 19.4 Å². The average Bonchev–Trinajstić information content (AvgIpc) is 2.65. The van der Waals surface area contributed by atoms with Gasteiger partial charge in [0.25, 0.3) is 0 Å². The second-order valence-electron chi connectivity index (χ2n) is 7.62. The van der Waals surface area contributed by atoms with Gasteiger partial charge in [-0.15, -0.1) is 12.3 Å². The van der Waals surface area contributed by atoms with Crippen LogP contribution in [0.15, 0.2) is 18.2 Å². The van der Waals surface area contributed by atoms with Crippen molar-refractivity contribution in [2.45, 2.75) is 46.0 Å². The number of amides is 1. The number of benzene rings is 1. The summed E-state index contributed by atoms with van der Waals surface area (Å²) in [5, 5.41) is 12.9. The van der Waals surface area contributed by atoms with Crippen molar-refractivity contribution in [3.8, 4) is 18.1 Å². The number of ether oxygens (including phenoxy) is 2. The van der Waals surface area contributed by atoms with E-state index >= 15 is 0 Å². The Morgan fingerprint density at radius 3 is 2.72 bits per heavy atom. The molecule has 0 aromatic heterocycles. The van der Waals surface area contributed by atoms with Crippen LogP contribution in [-0.2, 0) is 25.5 Å². The van der Waals surface area contributed by atoms with Gasteiger partial charge < -0.3 is 24.5 Å². The molecule has 0 saturated heterocycles. The van der Waals surface area contributed by atoms with Gasteiger partial charge in [-0.25, -0.2) is 4.79 Å². The molecule has 2 N–H and O–H groups in total. The summed E-state index contributed by atoms with van der Waals surface area (Å²) >= 11 is 0. The van der Waals surface area contributed by atoms with Crippen LogP contribution in [0.2, 0.25) is 0 Å². The monoisotopic (exact) mass is 401 g/mol. The number of hydrogen-bond donors (Lipinski definition) is 2. The van der Waals surface area contributed by atoms with E-state index < -0.39 is 37.2 Å². The quantitative estimate of drug-likeness (QED) is 0.319. The van der Waals surface area contributed by atoms with Crippen molar-refractivity contribution in [3.63, 3.8) is 0 Å². The molecule has 1 aromatic rings. The Balaban J connectivity index is 2.03. The summed E-state index contributed by atoms with van der Waals surface area (Å²) in [7, 11) is -1.34. The number of carbonyl (C=O) groups excluding carboxylic acids is 3. The van der Waals surface area contributed by atoms with Crippen molar-refractivity contribution in [2.24, 2.45) is 5.41 Å². The molecule has 0 bridgehead atoms. The maximum atomic E-state index is 12.4. The van der Waals surface area contributed by atoms with Crippen molar-refractivity contribution < 1.29 is 33.5 Å². The summed E-state index contributed by atoms with van der Waals surface area (Å²) in [5.74, 6) is 0.313. The number of esters is 2. The third-order valence-corrected chi connectivity index (χ3v) is 4.17. The van der Waals surface area contributed by atoms with Crippen LogP contribution < -0.4 is 9.97 Å². The van der Waals surface area contributed by atoms with E-state index in [4.69, 9.17) is 20.6 Å². The molecule has 0 aliphatic carbocycles. The molecule has 1 amide bonds. The van der Waals surface area contributed by atoms with E-state index in [1.165, 1.54) is 6.07 Å². The van der Waals surface area contributed by atoms with Gasteiger partial charge in [-0.1, -0.05) is 12.1 Å². The Bertz CT molecular complexity index is 825. The predicted octanol–water partition coefficient (Wildman–Crippen LogP) is 1.24. The first-order chi connectivity index (χ1) is 13.6. The van der Waals surface area contributed by atoms with Crippen molar-refractivity contribution >= 4 is 25.0 Å². The van der Waals surface area contributed by atoms with E-state index in [1.807, 2.05) is 0 Å². The first-order valence-electron chi connectivity index (χ1n) is 9.17. The van der Waals surface area contributed by atoms with Crippen LogP contribution >= 0.6 is 0 Å². The van der Waals surface area contributed by atoms with Gasteiger partial charge in [0.05, 0.1) is 11.4 Å². The standard InChI is InChI=1S/C20H24BNO7/c1-5-6-10-16(23)22-15-11-13-8-7-9-14(17(13)29-21(15)26)18(24)27-12-28-19(25)20(2,3)4/h1,7-9,15,26H,6,10-12H2,2-4H3,(H,22,23)/t15-/m0/s1. The normalized spacial score (nSPS) is 15.4. The second-order valence-corrected chi connectivity index (χ2v) is 7.62. The van der Waals surface area contributed by atoms with Crippen LogP contribution in [0, 0.1) is 17.8 Å². The van der Waals surface area contributed by atoms with Crippen LogP contribution in [0.4, 0.5) is 0 Å². The molecule has 9 heteroatoms. The number of hydrogen-bond acceptors (Lipinski definition) is 7. The fourth-order valence-corrected chi connectivity index (χ4v) is 2.60. The van der Waals surface area contributed by atoms with Gasteiger partial charge in [0.15, 0.2) is 0 Å². The Kier molecular flexibility index (Phi) is 7.29. The first kappa shape index (κ1) is 22.3. The van der Waals surface area contributed by atoms with Crippen LogP contribution in [0.1, 0.15) is 49.5 Å². The zero-order valence-electron chi connectivity index (χ0n) is 16.7. The van der Waals surface area contributed by atoms with E-state index in [0.717, 1.165) is 0 Å². The van der Waals surface area contributed by atoms with E-state index in [1.54, 1.807) is 32.9 Å². The topological polar surface area (TPSA) is 111 Å². The molecular weight excluding hydrogens is 377 g/mol. The summed E-state index contributed by atoms with van der Waals surface area (Å²) in [6.07, 6.45) is 5.84. The lowest BCUT2D eigenvalue weighted by Crippen LogP contribution is -2.53. The van der Waals surface area contributed by atoms with Gasteiger partial charge in [-0.3, -0.25) is 9.59 Å². The highest BCUT2D eigenvalue weighted by molar-refractivity contribution is 6.47. The highest BCUT2D eigenvalue weighted by Crippen LogP contribution is 2.30. The maximum Gasteiger partial charge on any atom is 0.547 e. The van der Waals surface area contributed by atoms with Gasteiger partial charge in [0, 0.05) is 12.8 Å². The molecule has 1 aliphatic rings. The predicted molar refractivity (Wildman–Crippen MR) is 105 cm³/mol. The zero-order chi connectivity index (χ0) is 21.6. The fraction of sp³-hybridized carbons (Fsp3) is 0.450. The average molecular weight is 401 g/mol. The molecule has 154 valence electrons. The highest BCUT2D eigenvalue weighted by atomic mass is 16.7. The molecule has 1 atom stereocenters. The van der Waals surface area contributed by atoms with Crippen molar-refractivity contribution in [3.05, 3.63) is 29.3 Å². The molecule has 0 radical (unpaired) electrons. The van der Waals surface area contributed by atoms with Crippen molar-refractivity contribution in [1.29, 1.82) is 0 Å². The summed E-state index contributed by atoms with van der Waals surface area (Å²) in [5.41, 5.74) is -0.00488. The van der Waals surface area contributed by atoms with E-state index in [2.05, 4.69) is 11.2 Å². The highest BCUT2D eigenvalue weighted by Gasteiger charge is 2.37. The largest absolute Gasteiger partial charge is 0.547 e. The summed E-state index contributed by atoms with van der Waals surface area (Å²) in [4.78, 5) is 36.0. The van der Waals surface area contributed by atoms with E-state index in [-0.39, 0.29) is 30.1 Å². The van der Waals surface area contributed by atoms with Gasteiger partial charge in [0.2, 0.25) is 12.7 Å². The molecule has 8 nitrogen and oxygen atoms in total. The third-order valence-electron chi connectivity index (χ3n) is 4.17. The second kappa shape index (κ2) is 9.48. The summed E-state index contributed by atoms with van der Waals surface area (Å²) < 4.78 is 15.4. The van der Waals surface area contributed by atoms with Gasteiger partial charge in [0.1, 0.15) is 11.3 Å². The number of fused-ring (bicyclic) bond motifs is 1. The minimum absolute atomic E-state index is 0.0884. The summed E-state index contributed by atoms with van der Waals surface area (Å²) in [6.45, 7) is 4.51. The molecule has 1 aromatic carbocycles. The molecule has 29 heavy (non-hydrogen) atoms. The van der Waals surface area contributed by atoms with Crippen LogP contribution in [-0.4, -0.2) is 42.7 Å². The maximum absolute atomic E-state index is 12.4. The number of para-hydroxylation sites is 1. The smallest absolute Gasteiger partial charge is 0.534 e. The third kappa shape index (κ3) is 5.99. The molecule has 1 aliphatic heterocycles. The Hall–Kier alpha value is -2.99. The molecule has 2 rings (SSSR count). The first-order valence-corrected chi connectivity index (χ1v) is 9.17. The number of carbonyl (C=O) groups is 3. The zero-order valence-corrected chi connectivity index (χ0v) is 16.7. The van der Waals surface area contributed by atoms with Crippen molar-refractivity contribution in [2.75, 3.05) is 6.79 Å². The van der Waals surface area contributed by atoms with Gasteiger partial charge in [-0.05, 0) is 38.8 Å².